The summed E-state index contributed by atoms with van der Waals surface area (Å²) in [5, 5.41) is 0. The third kappa shape index (κ3) is 55.9. The van der Waals surface area contributed by atoms with Crippen LogP contribution >= 0.6 is 0 Å². The van der Waals surface area contributed by atoms with Gasteiger partial charge in [0.1, 0.15) is 13.2 Å². The molecule has 0 radical (unpaired) electrons. The molecule has 0 aromatic rings. The van der Waals surface area contributed by atoms with E-state index in [9.17, 15) is 14.4 Å². The summed E-state index contributed by atoms with van der Waals surface area (Å²) in [6.07, 6.45) is 72.2. The first kappa shape index (κ1) is 66.1. The first-order valence-corrected chi connectivity index (χ1v) is 29.8. The van der Waals surface area contributed by atoms with Gasteiger partial charge in [0, 0.05) is 19.3 Å². The second kappa shape index (κ2) is 57.7. The predicted molar refractivity (Wildman–Crippen MR) is 298 cm³/mol. The lowest BCUT2D eigenvalue weighted by atomic mass is 10.0. The van der Waals surface area contributed by atoms with Crippen LogP contribution in [0.15, 0.2) is 60.8 Å². The van der Waals surface area contributed by atoms with Crippen LogP contribution in [-0.4, -0.2) is 37.2 Å². The van der Waals surface area contributed by atoms with Gasteiger partial charge in [-0.15, -0.1) is 0 Å². The second-order valence-electron chi connectivity index (χ2n) is 19.9. The minimum absolute atomic E-state index is 0.0940. The number of hydrogen-bond donors (Lipinski definition) is 0. The molecule has 0 unspecified atom stereocenters. The SMILES string of the molecule is CCCCC/C=C\C/C=C\CCCCCCCCCC(=O)OC[C@H](COC(=O)CCCCCCCCCCCCCCCCCCC)OC(=O)CCC/C=C\C/C=C\C/C=C\CCCCCCCC. The summed E-state index contributed by atoms with van der Waals surface area (Å²) in [7, 11) is 0. The van der Waals surface area contributed by atoms with Crippen LogP contribution < -0.4 is 0 Å². The molecule has 6 nitrogen and oxygen atoms in total. The highest BCUT2D eigenvalue weighted by Crippen LogP contribution is 2.16. The normalized spacial score (nSPS) is 12.4. The van der Waals surface area contributed by atoms with E-state index in [0.29, 0.717) is 19.3 Å². The molecule has 0 aliphatic heterocycles. The first-order chi connectivity index (χ1) is 34.0. The molecule has 400 valence electrons. The van der Waals surface area contributed by atoms with Crippen LogP contribution in [0, 0.1) is 0 Å². The van der Waals surface area contributed by atoms with Crippen molar-refractivity contribution in [3.8, 4) is 0 Å². The van der Waals surface area contributed by atoms with E-state index in [2.05, 4.69) is 81.5 Å². The van der Waals surface area contributed by atoms with Crippen LogP contribution in [0.5, 0.6) is 0 Å². The highest BCUT2D eigenvalue weighted by Gasteiger charge is 2.19. The second-order valence-corrected chi connectivity index (χ2v) is 19.9. The number of carbonyl (C=O) groups excluding carboxylic acids is 3. The van der Waals surface area contributed by atoms with Gasteiger partial charge in [0.15, 0.2) is 6.10 Å². The summed E-state index contributed by atoms with van der Waals surface area (Å²) in [6, 6.07) is 0. The molecular formula is C63H112O6. The quantitative estimate of drug-likeness (QED) is 0.0262. The van der Waals surface area contributed by atoms with Crippen molar-refractivity contribution in [2.75, 3.05) is 13.2 Å². The molecule has 0 heterocycles. The zero-order valence-corrected chi connectivity index (χ0v) is 45.8. The summed E-state index contributed by atoms with van der Waals surface area (Å²) in [6.45, 7) is 6.59. The molecule has 0 saturated heterocycles. The number of carbonyl (C=O) groups is 3. The average Bonchev–Trinajstić information content (AvgIpc) is 3.35. The maximum atomic E-state index is 12.8. The van der Waals surface area contributed by atoms with Gasteiger partial charge in [-0.3, -0.25) is 14.4 Å². The molecule has 0 saturated carbocycles. The van der Waals surface area contributed by atoms with Crippen molar-refractivity contribution in [2.45, 2.75) is 309 Å². The first-order valence-electron chi connectivity index (χ1n) is 29.8. The maximum Gasteiger partial charge on any atom is 0.306 e. The number of rotatable bonds is 54. The van der Waals surface area contributed by atoms with Gasteiger partial charge in [0.25, 0.3) is 0 Å². The number of hydrogen-bond acceptors (Lipinski definition) is 6. The van der Waals surface area contributed by atoms with Crippen LogP contribution in [0.2, 0.25) is 0 Å². The van der Waals surface area contributed by atoms with Crippen molar-refractivity contribution in [1.82, 2.24) is 0 Å². The van der Waals surface area contributed by atoms with E-state index in [1.165, 1.54) is 186 Å². The summed E-state index contributed by atoms with van der Waals surface area (Å²) < 4.78 is 16.8. The van der Waals surface area contributed by atoms with Gasteiger partial charge in [-0.25, -0.2) is 0 Å². The van der Waals surface area contributed by atoms with Crippen LogP contribution in [0.1, 0.15) is 303 Å². The monoisotopic (exact) mass is 965 g/mol. The lowest BCUT2D eigenvalue weighted by Gasteiger charge is -2.18. The van der Waals surface area contributed by atoms with Crippen molar-refractivity contribution in [3.63, 3.8) is 0 Å². The largest absolute Gasteiger partial charge is 0.462 e. The summed E-state index contributed by atoms with van der Waals surface area (Å²) in [4.78, 5) is 38.2. The number of unbranched alkanes of at least 4 members (excludes halogenated alkanes) is 33. The molecule has 0 aliphatic rings. The Morgan fingerprint density at radius 2 is 0.536 bits per heavy atom. The van der Waals surface area contributed by atoms with Gasteiger partial charge in [-0.1, -0.05) is 261 Å². The molecule has 0 amide bonds. The summed E-state index contributed by atoms with van der Waals surface area (Å²) in [5.74, 6) is -0.941. The van der Waals surface area contributed by atoms with Gasteiger partial charge < -0.3 is 14.2 Å². The zero-order chi connectivity index (χ0) is 50.0. The highest BCUT2D eigenvalue weighted by molar-refractivity contribution is 5.71. The van der Waals surface area contributed by atoms with E-state index >= 15 is 0 Å². The molecule has 0 aromatic heterocycles. The van der Waals surface area contributed by atoms with Gasteiger partial charge in [0.2, 0.25) is 0 Å². The minimum Gasteiger partial charge on any atom is -0.462 e. The third-order valence-corrected chi connectivity index (χ3v) is 13.0. The lowest BCUT2D eigenvalue weighted by Crippen LogP contribution is -2.30. The van der Waals surface area contributed by atoms with Crippen molar-refractivity contribution in [3.05, 3.63) is 60.8 Å². The number of esters is 3. The molecule has 0 spiro atoms. The minimum atomic E-state index is -0.802. The van der Waals surface area contributed by atoms with Crippen LogP contribution in [0.3, 0.4) is 0 Å². The molecule has 69 heavy (non-hydrogen) atoms. The van der Waals surface area contributed by atoms with Crippen molar-refractivity contribution >= 4 is 17.9 Å². The Morgan fingerprint density at radius 3 is 0.884 bits per heavy atom. The van der Waals surface area contributed by atoms with Crippen molar-refractivity contribution < 1.29 is 28.6 Å². The van der Waals surface area contributed by atoms with Crippen LogP contribution in [0.4, 0.5) is 0 Å². The Kier molecular flexibility index (Phi) is 55.3. The highest BCUT2D eigenvalue weighted by atomic mass is 16.6. The van der Waals surface area contributed by atoms with Crippen molar-refractivity contribution in [1.29, 1.82) is 0 Å². The molecule has 0 fully saturated rings. The van der Waals surface area contributed by atoms with E-state index in [1.807, 2.05) is 0 Å². The Labute approximate surface area is 428 Å². The molecule has 6 heteroatoms. The zero-order valence-electron chi connectivity index (χ0n) is 45.8. The van der Waals surface area contributed by atoms with E-state index in [-0.39, 0.29) is 37.5 Å². The molecule has 0 rings (SSSR count). The Hall–Kier alpha value is -2.89. The van der Waals surface area contributed by atoms with E-state index in [0.717, 1.165) is 70.6 Å². The summed E-state index contributed by atoms with van der Waals surface area (Å²) >= 11 is 0. The Balaban J connectivity index is 4.44. The fraction of sp³-hybridized carbons (Fsp3) is 0.794. The third-order valence-electron chi connectivity index (χ3n) is 13.0. The van der Waals surface area contributed by atoms with Gasteiger partial charge in [-0.05, 0) is 83.5 Å². The van der Waals surface area contributed by atoms with Gasteiger partial charge in [-0.2, -0.15) is 0 Å². The fourth-order valence-corrected chi connectivity index (χ4v) is 8.49. The summed E-state index contributed by atoms with van der Waals surface area (Å²) in [5.41, 5.74) is 0. The number of allylic oxidation sites excluding steroid dienone is 10. The fourth-order valence-electron chi connectivity index (χ4n) is 8.49. The molecule has 0 aromatic carbocycles. The molecule has 0 bridgehead atoms. The van der Waals surface area contributed by atoms with Gasteiger partial charge >= 0.3 is 17.9 Å². The van der Waals surface area contributed by atoms with Crippen LogP contribution in [-0.2, 0) is 28.6 Å². The van der Waals surface area contributed by atoms with E-state index in [1.54, 1.807) is 0 Å². The maximum absolute atomic E-state index is 12.8. The predicted octanol–water partition coefficient (Wildman–Crippen LogP) is 20.0. The topological polar surface area (TPSA) is 78.9 Å². The van der Waals surface area contributed by atoms with E-state index in [4.69, 9.17) is 14.2 Å². The smallest absolute Gasteiger partial charge is 0.306 e. The average molecular weight is 966 g/mol. The number of ether oxygens (including phenoxy) is 3. The lowest BCUT2D eigenvalue weighted by molar-refractivity contribution is -0.167. The Morgan fingerprint density at radius 1 is 0.290 bits per heavy atom. The molecule has 1 atom stereocenters. The van der Waals surface area contributed by atoms with E-state index < -0.39 is 6.10 Å². The van der Waals surface area contributed by atoms with Crippen LogP contribution in [0.25, 0.3) is 0 Å². The van der Waals surface area contributed by atoms with Gasteiger partial charge in [0.05, 0.1) is 0 Å². The Bertz CT molecular complexity index is 1250. The molecular weight excluding hydrogens is 853 g/mol. The molecule has 0 N–H and O–H groups in total. The standard InChI is InChI=1S/C63H112O6/c1-4-7-10-13-16-19-22-25-28-31-34-37-40-43-46-49-52-55-61(64)67-58-60(69-63(66)57-54-51-48-45-42-39-36-33-30-27-24-21-18-15-12-9-6-3)59-68-62(65)56-53-50-47-44-41-38-35-32-29-26-23-20-17-14-11-8-5-2/h16,19,25,27-28,30,36,39,45,48,60H,4-15,17-18,20-24,26,29,31-35,37-38,40-44,46-47,49-59H2,1-3H3/b19-16-,28-25-,30-27-,39-36-,48-45-/t60-/m1/s1. The molecule has 0 aliphatic carbocycles. The van der Waals surface area contributed by atoms with Crippen molar-refractivity contribution in [2.24, 2.45) is 0 Å².